The second-order valence-electron chi connectivity index (χ2n) is 4.02. The van der Waals surface area contributed by atoms with Crippen molar-refractivity contribution in [2.45, 2.75) is 0 Å². The average molecular weight is 305 g/mol. The Kier molecular flexibility index (Phi) is 3.54. The first-order valence-corrected chi connectivity index (χ1v) is 7.07. The number of rotatable bonds is 3. The van der Waals surface area contributed by atoms with Crippen molar-refractivity contribution in [3.63, 3.8) is 0 Å². The summed E-state index contributed by atoms with van der Waals surface area (Å²) >= 11 is 7.71. The topological polar surface area (TPSA) is 59.2 Å². The summed E-state index contributed by atoms with van der Waals surface area (Å²) in [6, 6.07) is 8.64. The van der Waals surface area contributed by atoms with Gasteiger partial charge in [0.05, 0.1) is 0 Å². The molecule has 3 aromatic rings. The van der Waals surface area contributed by atoms with E-state index in [1.807, 2.05) is 22.9 Å². The first-order valence-electron chi connectivity index (χ1n) is 5.75. The Labute approximate surface area is 124 Å². The highest BCUT2D eigenvalue weighted by molar-refractivity contribution is 7.08. The van der Waals surface area contributed by atoms with E-state index in [0.29, 0.717) is 10.9 Å². The molecule has 0 amide bonds. The molecule has 1 N–H and O–H groups in total. The van der Waals surface area contributed by atoms with Crippen LogP contribution in [-0.2, 0) is 0 Å². The average Bonchev–Trinajstić information content (AvgIpc) is 3.10. The Balaban J connectivity index is 1.89. The van der Waals surface area contributed by atoms with E-state index in [0.717, 1.165) is 11.1 Å². The minimum absolute atomic E-state index is 0.174. The minimum atomic E-state index is 0.174. The van der Waals surface area contributed by atoms with Crippen LogP contribution in [0, 0.1) is 0 Å². The molecule has 0 bridgehead atoms. The fourth-order valence-corrected chi connectivity index (χ4v) is 2.49. The van der Waals surface area contributed by atoms with Crippen LogP contribution in [0.5, 0.6) is 5.75 Å². The van der Waals surface area contributed by atoms with Gasteiger partial charge in [0, 0.05) is 10.9 Å². The molecule has 0 aliphatic heterocycles. The summed E-state index contributed by atoms with van der Waals surface area (Å²) in [5.41, 5.74) is 1.65. The molecule has 0 saturated carbocycles. The maximum Gasteiger partial charge on any atom is 0.269 e. The number of phenolic OH excluding ortho intramolecular Hbond substituents is 1. The number of nitrogens with zero attached hydrogens (tertiary/aromatic N) is 2. The fraction of sp³-hybridized carbons (Fsp3) is 0. The van der Waals surface area contributed by atoms with Crippen LogP contribution in [0.3, 0.4) is 0 Å². The Hall–Kier alpha value is -2.11. The number of aromatic hydroxyl groups is 1. The monoisotopic (exact) mass is 304 g/mol. The maximum absolute atomic E-state index is 9.40. The Bertz CT molecular complexity index is 750. The lowest BCUT2D eigenvalue weighted by Gasteiger charge is -1.95. The van der Waals surface area contributed by atoms with Gasteiger partial charge in [-0.05, 0) is 35.2 Å². The van der Waals surface area contributed by atoms with Gasteiger partial charge >= 0.3 is 0 Å². The molecular weight excluding hydrogens is 296 g/mol. The number of phenols is 1. The molecule has 100 valence electrons. The summed E-state index contributed by atoms with van der Waals surface area (Å²) in [5, 5.41) is 17.5. The van der Waals surface area contributed by atoms with Crippen molar-refractivity contribution in [2.75, 3.05) is 0 Å². The van der Waals surface area contributed by atoms with Crippen molar-refractivity contribution in [1.29, 1.82) is 0 Å². The van der Waals surface area contributed by atoms with Crippen molar-refractivity contribution in [1.82, 2.24) is 10.1 Å². The highest BCUT2D eigenvalue weighted by Gasteiger charge is 2.11. The van der Waals surface area contributed by atoms with Crippen LogP contribution in [0.2, 0.25) is 0 Å². The van der Waals surface area contributed by atoms with Gasteiger partial charge in [-0.3, -0.25) is 0 Å². The summed E-state index contributed by atoms with van der Waals surface area (Å²) in [6.07, 6.45) is 1.66. The molecule has 0 fully saturated rings. The molecule has 2 heterocycles. The largest absolute Gasteiger partial charge is 0.508 e. The van der Waals surface area contributed by atoms with Gasteiger partial charge in [0.2, 0.25) is 5.82 Å². The fourth-order valence-electron chi connectivity index (χ4n) is 1.65. The van der Waals surface area contributed by atoms with Crippen molar-refractivity contribution >= 4 is 34.0 Å². The van der Waals surface area contributed by atoms with Gasteiger partial charge in [-0.1, -0.05) is 28.9 Å². The summed E-state index contributed by atoms with van der Waals surface area (Å²) in [7, 11) is 0. The molecule has 0 spiro atoms. The van der Waals surface area contributed by atoms with Crippen LogP contribution in [0.15, 0.2) is 45.6 Å². The second-order valence-corrected chi connectivity index (χ2v) is 5.21. The van der Waals surface area contributed by atoms with Crippen LogP contribution in [0.4, 0.5) is 0 Å². The normalized spacial score (nSPS) is 11.8. The lowest BCUT2D eigenvalue weighted by atomic mass is 10.2. The van der Waals surface area contributed by atoms with Crippen molar-refractivity contribution in [3.05, 3.63) is 52.5 Å². The highest BCUT2D eigenvalue weighted by atomic mass is 35.5. The van der Waals surface area contributed by atoms with Gasteiger partial charge in [0.15, 0.2) is 0 Å². The van der Waals surface area contributed by atoms with Crippen LogP contribution >= 0.6 is 22.9 Å². The number of hydrogen-bond acceptors (Lipinski definition) is 5. The zero-order chi connectivity index (χ0) is 13.9. The van der Waals surface area contributed by atoms with E-state index >= 15 is 0 Å². The van der Waals surface area contributed by atoms with Gasteiger partial charge in [0.1, 0.15) is 10.8 Å². The number of hydrogen-bond donors (Lipinski definition) is 1. The lowest BCUT2D eigenvalue weighted by molar-refractivity contribution is 0.410. The standard InChI is InChI=1S/C14H9ClN2O2S/c15-12(7-9-2-1-3-11(18)6-9)14-16-13(17-19-14)10-4-5-20-8-10/h1-8,18H/b12-7-. The zero-order valence-corrected chi connectivity index (χ0v) is 11.7. The molecule has 0 aliphatic rings. The van der Waals surface area contributed by atoms with Crippen molar-refractivity contribution < 1.29 is 9.63 Å². The molecule has 20 heavy (non-hydrogen) atoms. The molecule has 4 nitrogen and oxygen atoms in total. The van der Waals surface area contributed by atoms with Gasteiger partial charge in [-0.25, -0.2) is 0 Å². The minimum Gasteiger partial charge on any atom is -0.508 e. The Morgan fingerprint density at radius 3 is 3.00 bits per heavy atom. The summed E-state index contributed by atoms with van der Waals surface area (Å²) in [4.78, 5) is 4.24. The van der Waals surface area contributed by atoms with E-state index in [9.17, 15) is 5.11 Å². The zero-order valence-electron chi connectivity index (χ0n) is 10.2. The Morgan fingerprint density at radius 1 is 1.35 bits per heavy atom. The molecule has 0 unspecified atom stereocenters. The lowest BCUT2D eigenvalue weighted by Crippen LogP contribution is -1.79. The Morgan fingerprint density at radius 2 is 2.25 bits per heavy atom. The first-order chi connectivity index (χ1) is 9.72. The molecule has 0 aliphatic carbocycles. The van der Waals surface area contributed by atoms with E-state index in [1.165, 1.54) is 0 Å². The highest BCUT2D eigenvalue weighted by Crippen LogP contribution is 2.25. The number of halogens is 1. The van der Waals surface area contributed by atoms with E-state index in [-0.39, 0.29) is 11.6 Å². The van der Waals surface area contributed by atoms with Crippen molar-refractivity contribution in [3.8, 4) is 17.1 Å². The summed E-state index contributed by atoms with van der Waals surface area (Å²) in [6.45, 7) is 0. The third-order valence-electron chi connectivity index (χ3n) is 2.57. The molecular formula is C14H9ClN2O2S. The van der Waals surface area contributed by atoms with Crippen LogP contribution in [0.1, 0.15) is 11.5 Å². The number of benzene rings is 1. The number of aromatic nitrogens is 2. The quantitative estimate of drug-likeness (QED) is 0.786. The van der Waals surface area contributed by atoms with Crippen LogP contribution < -0.4 is 0 Å². The molecule has 2 aromatic heterocycles. The molecule has 0 saturated heterocycles. The smallest absolute Gasteiger partial charge is 0.269 e. The predicted molar refractivity (Wildman–Crippen MR) is 79.4 cm³/mol. The maximum atomic E-state index is 9.40. The van der Waals surface area contributed by atoms with Crippen LogP contribution in [0.25, 0.3) is 22.5 Å². The molecule has 3 rings (SSSR count). The molecule has 0 atom stereocenters. The van der Waals surface area contributed by atoms with Gasteiger partial charge in [-0.15, -0.1) is 0 Å². The van der Waals surface area contributed by atoms with E-state index in [2.05, 4.69) is 10.1 Å². The van der Waals surface area contributed by atoms with Crippen LogP contribution in [-0.4, -0.2) is 15.2 Å². The first kappa shape index (κ1) is 12.9. The van der Waals surface area contributed by atoms with Gasteiger partial charge in [0.25, 0.3) is 5.89 Å². The van der Waals surface area contributed by atoms with E-state index in [1.54, 1.807) is 35.6 Å². The number of thiophene rings is 1. The molecule has 0 radical (unpaired) electrons. The summed E-state index contributed by atoms with van der Waals surface area (Å²) in [5.74, 6) is 0.924. The predicted octanol–water partition coefficient (Wildman–Crippen LogP) is 4.24. The SMILES string of the molecule is Oc1cccc(/C=C(\Cl)c2nc(-c3ccsc3)no2)c1. The molecule has 1 aromatic carbocycles. The van der Waals surface area contributed by atoms with E-state index in [4.69, 9.17) is 16.1 Å². The van der Waals surface area contributed by atoms with E-state index < -0.39 is 0 Å². The van der Waals surface area contributed by atoms with Gasteiger partial charge in [-0.2, -0.15) is 16.3 Å². The summed E-state index contributed by atoms with van der Waals surface area (Å²) < 4.78 is 5.13. The third-order valence-corrected chi connectivity index (χ3v) is 3.53. The van der Waals surface area contributed by atoms with Crippen molar-refractivity contribution in [2.24, 2.45) is 0 Å². The molecule has 6 heteroatoms. The second kappa shape index (κ2) is 5.48. The van der Waals surface area contributed by atoms with Gasteiger partial charge < -0.3 is 9.63 Å². The third kappa shape index (κ3) is 2.74.